The van der Waals surface area contributed by atoms with Crippen molar-refractivity contribution in [3.05, 3.63) is 39.4 Å². The smallest absolute Gasteiger partial charge is 0.326 e. The van der Waals surface area contributed by atoms with Gasteiger partial charge in [-0.05, 0) is 24.5 Å². The molecule has 1 aromatic carbocycles. The number of aryl methyl sites for hydroxylation is 1. The van der Waals surface area contributed by atoms with Crippen LogP contribution in [0.1, 0.15) is 36.2 Å². The van der Waals surface area contributed by atoms with Crippen molar-refractivity contribution in [2.45, 2.75) is 33.2 Å². The van der Waals surface area contributed by atoms with E-state index in [0.29, 0.717) is 12.0 Å². The molecule has 0 aliphatic carbocycles. The predicted octanol–water partition coefficient (Wildman–Crippen LogP) is 2.13. The van der Waals surface area contributed by atoms with Crippen LogP contribution in [0.4, 0.5) is 5.69 Å². The molecule has 7 nitrogen and oxygen atoms in total. The van der Waals surface area contributed by atoms with Gasteiger partial charge in [-0.3, -0.25) is 14.9 Å². The van der Waals surface area contributed by atoms with Crippen LogP contribution in [0, 0.1) is 23.0 Å². The molecule has 0 fully saturated rings. The Morgan fingerprint density at radius 3 is 2.48 bits per heavy atom. The number of nitro benzene ring substituents is 1. The molecule has 0 aliphatic heterocycles. The van der Waals surface area contributed by atoms with Crippen molar-refractivity contribution < 1.29 is 19.6 Å². The average Bonchev–Trinajstić information content (AvgIpc) is 2.42. The predicted molar refractivity (Wildman–Crippen MR) is 76.2 cm³/mol. The van der Waals surface area contributed by atoms with E-state index in [4.69, 9.17) is 5.11 Å². The zero-order valence-electron chi connectivity index (χ0n) is 12.1. The molecule has 0 heterocycles. The van der Waals surface area contributed by atoms with Gasteiger partial charge in [0.15, 0.2) is 0 Å². The Bertz CT molecular complexity index is 570. The van der Waals surface area contributed by atoms with Gasteiger partial charge in [0, 0.05) is 17.7 Å². The van der Waals surface area contributed by atoms with Crippen molar-refractivity contribution in [3.63, 3.8) is 0 Å². The molecule has 0 radical (unpaired) electrons. The third-order valence-electron chi connectivity index (χ3n) is 3.43. The summed E-state index contributed by atoms with van der Waals surface area (Å²) in [6.45, 7) is 5.15. The monoisotopic (exact) mass is 294 g/mol. The molecule has 1 unspecified atom stereocenters. The lowest BCUT2D eigenvalue weighted by Crippen LogP contribution is -2.45. The van der Waals surface area contributed by atoms with Gasteiger partial charge in [0.05, 0.1) is 4.92 Å². The second-order valence-corrected chi connectivity index (χ2v) is 4.93. The summed E-state index contributed by atoms with van der Waals surface area (Å²) in [6, 6.07) is 2.85. The van der Waals surface area contributed by atoms with Crippen molar-refractivity contribution in [3.8, 4) is 0 Å². The van der Waals surface area contributed by atoms with E-state index in [2.05, 4.69) is 5.32 Å². The summed E-state index contributed by atoms with van der Waals surface area (Å²) in [5, 5.41) is 22.3. The lowest BCUT2D eigenvalue weighted by molar-refractivity contribution is -0.384. The van der Waals surface area contributed by atoms with Crippen LogP contribution in [0.15, 0.2) is 18.2 Å². The number of rotatable bonds is 6. The summed E-state index contributed by atoms with van der Waals surface area (Å²) in [6.07, 6.45) is 0.608. The summed E-state index contributed by atoms with van der Waals surface area (Å²) in [7, 11) is 0. The summed E-state index contributed by atoms with van der Waals surface area (Å²) in [4.78, 5) is 33.4. The van der Waals surface area contributed by atoms with Gasteiger partial charge in [-0.1, -0.05) is 20.3 Å². The number of hydrogen-bond acceptors (Lipinski definition) is 4. The maximum atomic E-state index is 12.1. The first-order chi connectivity index (χ1) is 9.77. The number of non-ortho nitro benzene ring substituents is 1. The van der Waals surface area contributed by atoms with E-state index >= 15 is 0 Å². The minimum atomic E-state index is -1.10. The SMILES string of the molecule is CCC(C)[C@H](NC(=O)c1ccc([N+](=O)[O-])cc1C)C(=O)O. The summed E-state index contributed by atoms with van der Waals surface area (Å²) < 4.78 is 0. The fraction of sp³-hybridized carbons (Fsp3) is 0.429. The molecular weight excluding hydrogens is 276 g/mol. The first-order valence-corrected chi connectivity index (χ1v) is 6.56. The zero-order chi connectivity index (χ0) is 16.2. The van der Waals surface area contributed by atoms with Crippen molar-refractivity contribution in [2.24, 2.45) is 5.92 Å². The second kappa shape index (κ2) is 6.83. The standard InChI is InChI=1S/C14H18N2O5/c1-4-8(2)12(14(18)19)15-13(17)11-6-5-10(16(20)21)7-9(11)3/h5-8,12H,4H2,1-3H3,(H,15,17)(H,18,19)/t8?,12-/m0/s1. The number of nitrogens with one attached hydrogen (secondary N) is 1. The molecule has 1 aromatic rings. The summed E-state index contributed by atoms with van der Waals surface area (Å²) >= 11 is 0. The number of carboxylic acids is 1. The molecule has 0 spiro atoms. The van der Waals surface area contributed by atoms with Gasteiger partial charge in [0.2, 0.25) is 0 Å². The number of benzene rings is 1. The van der Waals surface area contributed by atoms with E-state index in [-0.39, 0.29) is 17.2 Å². The van der Waals surface area contributed by atoms with Crippen molar-refractivity contribution in [1.29, 1.82) is 0 Å². The molecule has 0 bridgehead atoms. The molecular formula is C14H18N2O5. The second-order valence-electron chi connectivity index (χ2n) is 4.93. The number of carbonyl (C=O) groups is 2. The van der Waals surface area contributed by atoms with E-state index in [1.807, 2.05) is 6.92 Å². The van der Waals surface area contributed by atoms with Gasteiger partial charge in [0.25, 0.3) is 11.6 Å². The zero-order valence-corrected chi connectivity index (χ0v) is 12.1. The van der Waals surface area contributed by atoms with Crippen molar-refractivity contribution in [1.82, 2.24) is 5.32 Å². The fourth-order valence-corrected chi connectivity index (χ4v) is 1.92. The van der Waals surface area contributed by atoms with Crippen molar-refractivity contribution in [2.75, 3.05) is 0 Å². The van der Waals surface area contributed by atoms with Gasteiger partial charge < -0.3 is 10.4 Å². The molecule has 2 atom stereocenters. The highest BCUT2D eigenvalue weighted by Gasteiger charge is 2.26. The number of nitro groups is 1. The van der Waals surface area contributed by atoms with E-state index in [1.54, 1.807) is 13.8 Å². The van der Waals surface area contributed by atoms with Gasteiger partial charge in [-0.25, -0.2) is 4.79 Å². The highest BCUT2D eigenvalue weighted by atomic mass is 16.6. The van der Waals surface area contributed by atoms with Crippen LogP contribution < -0.4 is 5.32 Å². The molecule has 0 saturated heterocycles. The number of hydrogen-bond donors (Lipinski definition) is 2. The number of carboxylic acid groups (broad SMARTS) is 1. The van der Waals surface area contributed by atoms with Gasteiger partial charge >= 0.3 is 5.97 Å². The number of nitrogens with zero attached hydrogens (tertiary/aromatic N) is 1. The quantitative estimate of drug-likeness (QED) is 0.617. The van der Waals surface area contributed by atoms with E-state index in [1.165, 1.54) is 18.2 Å². The molecule has 2 N–H and O–H groups in total. The first-order valence-electron chi connectivity index (χ1n) is 6.56. The maximum Gasteiger partial charge on any atom is 0.326 e. The van der Waals surface area contributed by atoms with Crippen molar-refractivity contribution >= 4 is 17.6 Å². The highest BCUT2D eigenvalue weighted by molar-refractivity contribution is 5.98. The number of aliphatic carboxylic acids is 1. The van der Waals surface area contributed by atoms with E-state index in [0.717, 1.165) is 0 Å². The molecule has 21 heavy (non-hydrogen) atoms. The molecule has 114 valence electrons. The average molecular weight is 294 g/mol. The maximum absolute atomic E-state index is 12.1. The lowest BCUT2D eigenvalue weighted by atomic mass is 9.98. The minimum absolute atomic E-state index is 0.110. The molecule has 0 saturated carbocycles. The topological polar surface area (TPSA) is 110 Å². The van der Waals surface area contributed by atoms with Crippen LogP contribution in [0.5, 0.6) is 0 Å². The van der Waals surface area contributed by atoms with Crippen LogP contribution >= 0.6 is 0 Å². The Morgan fingerprint density at radius 1 is 1.43 bits per heavy atom. The normalized spacial score (nSPS) is 13.3. The van der Waals surface area contributed by atoms with Gasteiger partial charge in [0.1, 0.15) is 6.04 Å². The molecule has 1 amide bonds. The van der Waals surface area contributed by atoms with Crippen LogP contribution in [0.3, 0.4) is 0 Å². The lowest BCUT2D eigenvalue weighted by Gasteiger charge is -2.20. The van der Waals surface area contributed by atoms with Crippen LogP contribution in [-0.4, -0.2) is 27.9 Å². The summed E-state index contributed by atoms with van der Waals surface area (Å²) in [5.74, 6) is -1.86. The molecule has 0 aromatic heterocycles. The van der Waals surface area contributed by atoms with E-state index in [9.17, 15) is 19.7 Å². The number of amides is 1. The fourth-order valence-electron chi connectivity index (χ4n) is 1.92. The highest BCUT2D eigenvalue weighted by Crippen LogP contribution is 2.18. The third-order valence-corrected chi connectivity index (χ3v) is 3.43. The summed E-state index contributed by atoms with van der Waals surface area (Å²) in [5.41, 5.74) is 0.547. The van der Waals surface area contributed by atoms with E-state index < -0.39 is 22.8 Å². The van der Waals surface area contributed by atoms with Crippen LogP contribution in [0.25, 0.3) is 0 Å². The number of carbonyl (C=O) groups excluding carboxylic acids is 1. The Kier molecular flexibility index (Phi) is 5.40. The molecule has 0 aliphatic rings. The molecule has 7 heteroatoms. The van der Waals surface area contributed by atoms with Crippen LogP contribution in [0.2, 0.25) is 0 Å². The Morgan fingerprint density at radius 2 is 2.05 bits per heavy atom. The Labute approximate surface area is 122 Å². The molecule has 1 rings (SSSR count). The largest absolute Gasteiger partial charge is 0.480 e. The minimum Gasteiger partial charge on any atom is -0.480 e. The van der Waals surface area contributed by atoms with Gasteiger partial charge in [-0.15, -0.1) is 0 Å². The Hall–Kier alpha value is -2.44. The van der Waals surface area contributed by atoms with Crippen LogP contribution in [-0.2, 0) is 4.79 Å². The third kappa shape index (κ3) is 4.01. The first kappa shape index (κ1) is 16.6. The van der Waals surface area contributed by atoms with Gasteiger partial charge in [-0.2, -0.15) is 0 Å². The Balaban J connectivity index is 2.98.